The number of amides is 1. The standard InChI is InChI=1S/C20H24ClN3O2/c1-26-15-9-7-13(8-10-15)20(25)24-18-12-19(17(22)11-16(18)21)23-14-5-3-2-4-6-14/h7-12,14,23H,2-6,22H2,1H3,(H,24,25). The summed E-state index contributed by atoms with van der Waals surface area (Å²) < 4.78 is 5.11. The number of nitrogens with one attached hydrogen (secondary N) is 2. The Hall–Kier alpha value is -2.40. The van der Waals surface area contributed by atoms with Crippen LogP contribution in [0.25, 0.3) is 0 Å². The Kier molecular flexibility index (Phi) is 5.89. The lowest BCUT2D eigenvalue weighted by molar-refractivity contribution is 0.102. The second-order valence-electron chi connectivity index (χ2n) is 6.58. The first-order valence-electron chi connectivity index (χ1n) is 8.88. The van der Waals surface area contributed by atoms with Crippen LogP contribution in [-0.4, -0.2) is 19.1 Å². The van der Waals surface area contributed by atoms with E-state index in [9.17, 15) is 4.79 Å². The van der Waals surface area contributed by atoms with Gasteiger partial charge in [-0.1, -0.05) is 30.9 Å². The van der Waals surface area contributed by atoms with Crippen LogP contribution in [-0.2, 0) is 0 Å². The molecule has 138 valence electrons. The predicted molar refractivity (Wildman–Crippen MR) is 107 cm³/mol. The topological polar surface area (TPSA) is 76.4 Å². The summed E-state index contributed by atoms with van der Waals surface area (Å²) in [6.45, 7) is 0. The molecule has 0 spiro atoms. The number of halogens is 1. The van der Waals surface area contributed by atoms with E-state index in [1.54, 1.807) is 37.4 Å². The molecular weight excluding hydrogens is 350 g/mol. The van der Waals surface area contributed by atoms with Crippen LogP contribution in [0.2, 0.25) is 5.02 Å². The van der Waals surface area contributed by atoms with E-state index in [4.69, 9.17) is 22.1 Å². The first-order chi connectivity index (χ1) is 12.6. The highest BCUT2D eigenvalue weighted by atomic mass is 35.5. The summed E-state index contributed by atoms with van der Waals surface area (Å²) in [6, 6.07) is 10.8. The van der Waals surface area contributed by atoms with Crippen molar-refractivity contribution in [2.24, 2.45) is 0 Å². The third-order valence-corrected chi connectivity index (χ3v) is 5.02. The summed E-state index contributed by atoms with van der Waals surface area (Å²) in [7, 11) is 1.59. The number of hydrogen-bond donors (Lipinski definition) is 3. The van der Waals surface area contributed by atoms with E-state index in [-0.39, 0.29) is 5.91 Å². The molecule has 1 saturated carbocycles. The van der Waals surface area contributed by atoms with E-state index >= 15 is 0 Å². The molecule has 0 radical (unpaired) electrons. The van der Waals surface area contributed by atoms with Crippen molar-refractivity contribution < 1.29 is 9.53 Å². The Morgan fingerprint density at radius 3 is 2.46 bits per heavy atom. The van der Waals surface area contributed by atoms with Crippen molar-refractivity contribution in [3.05, 3.63) is 47.0 Å². The lowest BCUT2D eigenvalue weighted by Gasteiger charge is -2.25. The van der Waals surface area contributed by atoms with Gasteiger partial charge in [0, 0.05) is 11.6 Å². The van der Waals surface area contributed by atoms with Crippen molar-refractivity contribution >= 4 is 34.6 Å². The molecule has 1 aliphatic carbocycles. The van der Waals surface area contributed by atoms with E-state index in [1.165, 1.54) is 19.3 Å². The highest BCUT2D eigenvalue weighted by molar-refractivity contribution is 6.34. The molecule has 2 aromatic carbocycles. The summed E-state index contributed by atoms with van der Waals surface area (Å²) in [5.41, 5.74) is 8.58. The zero-order chi connectivity index (χ0) is 18.5. The van der Waals surface area contributed by atoms with Crippen molar-refractivity contribution in [3.63, 3.8) is 0 Å². The Morgan fingerprint density at radius 1 is 1.12 bits per heavy atom. The van der Waals surface area contributed by atoms with Crippen LogP contribution in [0, 0.1) is 0 Å². The van der Waals surface area contributed by atoms with Gasteiger partial charge in [-0.2, -0.15) is 0 Å². The molecule has 0 aliphatic heterocycles. The van der Waals surface area contributed by atoms with Crippen LogP contribution >= 0.6 is 11.6 Å². The maximum Gasteiger partial charge on any atom is 0.255 e. The quantitative estimate of drug-likeness (QED) is 0.649. The third-order valence-electron chi connectivity index (χ3n) is 4.70. The Balaban J connectivity index is 1.75. The van der Waals surface area contributed by atoms with Crippen LogP contribution in [0.15, 0.2) is 36.4 Å². The smallest absolute Gasteiger partial charge is 0.255 e. The first-order valence-corrected chi connectivity index (χ1v) is 9.25. The van der Waals surface area contributed by atoms with Gasteiger partial charge in [-0.3, -0.25) is 4.79 Å². The number of methoxy groups -OCH3 is 1. The van der Waals surface area contributed by atoms with Gasteiger partial charge in [0.2, 0.25) is 0 Å². The molecule has 5 nitrogen and oxygen atoms in total. The molecule has 4 N–H and O–H groups in total. The number of carbonyl (C=O) groups excluding carboxylic acids is 1. The molecule has 26 heavy (non-hydrogen) atoms. The van der Waals surface area contributed by atoms with Gasteiger partial charge in [0.25, 0.3) is 5.91 Å². The zero-order valence-electron chi connectivity index (χ0n) is 14.8. The minimum atomic E-state index is -0.233. The lowest BCUT2D eigenvalue weighted by Crippen LogP contribution is -2.23. The fourth-order valence-electron chi connectivity index (χ4n) is 3.21. The van der Waals surface area contributed by atoms with E-state index in [0.717, 1.165) is 18.5 Å². The number of ether oxygens (including phenoxy) is 1. The van der Waals surface area contributed by atoms with Crippen molar-refractivity contribution in [1.82, 2.24) is 0 Å². The average Bonchev–Trinajstić information content (AvgIpc) is 2.66. The number of rotatable bonds is 5. The van der Waals surface area contributed by atoms with Gasteiger partial charge in [0.1, 0.15) is 5.75 Å². The molecule has 0 bridgehead atoms. The van der Waals surface area contributed by atoms with Gasteiger partial charge in [-0.05, 0) is 49.2 Å². The maximum absolute atomic E-state index is 12.5. The fourth-order valence-corrected chi connectivity index (χ4v) is 3.43. The SMILES string of the molecule is COc1ccc(C(=O)Nc2cc(NC3CCCCC3)c(N)cc2Cl)cc1. The Morgan fingerprint density at radius 2 is 1.81 bits per heavy atom. The molecule has 1 aliphatic rings. The monoisotopic (exact) mass is 373 g/mol. The minimum Gasteiger partial charge on any atom is -0.497 e. The molecule has 0 heterocycles. The highest BCUT2D eigenvalue weighted by Crippen LogP contribution is 2.33. The summed E-state index contributed by atoms with van der Waals surface area (Å²) in [6.07, 6.45) is 6.01. The van der Waals surface area contributed by atoms with Crippen molar-refractivity contribution in [3.8, 4) is 5.75 Å². The zero-order valence-corrected chi connectivity index (χ0v) is 15.6. The van der Waals surface area contributed by atoms with Crippen LogP contribution in [0.4, 0.5) is 17.1 Å². The molecule has 2 aromatic rings. The van der Waals surface area contributed by atoms with Gasteiger partial charge in [0.05, 0.1) is 29.2 Å². The molecule has 0 unspecified atom stereocenters. The molecule has 6 heteroatoms. The van der Waals surface area contributed by atoms with Gasteiger partial charge in [0.15, 0.2) is 0 Å². The third kappa shape index (κ3) is 4.41. The van der Waals surface area contributed by atoms with Crippen molar-refractivity contribution in [1.29, 1.82) is 0 Å². The number of benzene rings is 2. The normalized spacial score (nSPS) is 14.7. The lowest BCUT2D eigenvalue weighted by atomic mass is 9.95. The number of anilines is 3. The molecular formula is C20H24ClN3O2. The molecule has 0 aromatic heterocycles. The molecule has 0 saturated heterocycles. The summed E-state index contributed by atoms with van der Waals surface area (Å²) >= 11 is 6.28. The minimum absolute atomic E-state index is 0.233. The van der Waals surface area contributed by atoms with E-state index in [0.29, 0.717) is 33.8 Å². The molecule has 3 rings (SSSR count). The predicted octanol–water partition coefficient (Wildman–Crippen LogP) is 4.93. The Bertz CT molecular complexity index is 771. The second kappa shape index (κ2) is 8.32. The number of hydrogen-bond acceptors (Lipinski definition) is 4. The average molecular weight is 374 g/mol. The summed E-state index contributed by atoms with van der Waals surface area (Å²) in [5.74, 6) is 0.467. The number of nitrogens with two attached hydrogens (primary N) is 1. The van der Waals surface area contributed by atoms with Gasteiger partial charge in [-0.15, -0.1) is 0 Å². The van der Waals surface area contributed by atoms with Crippen LogP contribution < -0.4 is 21.1 Å². The Labute approximate surface area is 158 Å². The number of carbonyl (C=O) groups is 1. The fraction of sp³-hybridized carbons (Fsp3) is 0.350. The number of nitrogen functional groups attached to an aromatic ring is 1. The highest BCUT2D eigenvalue weighted by Gasteiger charge is 2.16. The van der Waals surface area contributed by atoms with Gasteiger partial charge >= 0.3 is 0 Å². The van der Waals surface area contributed by atoms with Crippen LogP contribution in [0.1, 0.15) is 42.5 Å². The second-order valence-corrected chi connectivity index (χ2v) is 6.99. The first kappa shape index (κ1) is 18.4. The molecule has 1 fully saturated rings. The van der Waals surface area contributed by atoms with E-state index in [2.05, 4.69) is 10.6 Å². The van der Waals surface area contributed by atoms with E-state index in [1.807, 2.05) is 6.07 Å². The molecule has 0 atom stereocenters. The van der Waals surface area contributed by atoms with Crippen LogP contribution in [0.5, 0.6) is 5.75 Å². The summed E-state index contributed by atoms with van der Waals surface area (Å²) in [4.78, 5) is 12.5. The van der Waals surface area contributed by atoms with Gasteiger partial charge < -0.3 is 21.1 Å². The van der Waals surface area contributed by atoms with Crippen molar-refractivity contribution in [2.75, 3.05) is 23.5 Å². The van der Waals surface area contributed by atoms with Crippen molar-refractivity contribution in [2.45, 2.75) is 38.1 Å². The van der Waals surface area contributed by atoms with Gasteiger partial charge in [-0.25, -0.2) is 0 Å². The largest absolute Gasteiger partial charge is 0.497 e. The van der Waals surface area contributed by atoms with E-state index < -0.39 is 0 Å². The summed E-state index contributed by atoms with van der Waals surface area (Å²) in [5, 5.41) is 6.77. The maximum atomic E-state index is 12.5. The van der Waals surface area contributed by atoms with Crippen LogP contribution in [0.3, 0.4) is 0 Å². The molecule has 1 amide bonds.